The van der Waals surface area contributed by atoms with Crippen molar-refractivity contribution in [1.82, 2.24) is 13.9 Å². The van der Waals surface area contributed by atoms with Crippen molar-refractivity contribution in [3.05, 3.63) is 48.0 Å². The number of sulfonamides is 1. The van der Waals surface area contributed by atoms with Crippen LogP contribution in [-0.2, 0) is 21.4 Å². The maximum Gasteiger partial charge on any atom is 0.243 e. The Balaban J connectivity index is 1.83. The number of carbonyl (C=O) groups is 1. The van der Waals surface area contributed by atoms with E-state index < -0.39 is 10.0 Å². The van der Waals surface area contributed by atoms with Crippen LogP contribution in [0.15, 0.2) is 52.5 Å². The largest absolute Gasteiger partial charge is 0.325 e. The number of hydrogen-bond acceptors (Lipinski definition) is 5. The van der Waals surface area contributed by atoms with Gasteiger partial charge in [0.1, 0.15) is 0 Å². The first-order chi connectivity index (χ1) is 14.8. The molecule has 7 nitrogen and oxygen atoms in total. The Morgan fingerprint density at radius 3 is 2.48 bits per heavy atom. The Kier molecular flexibility index (Phi) is 7.40. The highest BCUT2D eigenvalue weighted by Gasteiger charge is 2.23. The molecule has 3 aromatic rings. The number of aromatic nitrogens is 2. The number of fused-ring (bicyclic) bond motifs is 1. The quantitative estimate of drug-likeness (QED) is 0.486. The van der Waals surface area contributed by atoms with E-state index in [1.807, 2.05) is 56.5 Å². The Hall–Kier alpha value is -2.36. The van der Waals surface area contributed by atoms with Gasteiger partial charge in [0.2, 0.25) is 15.9 Å². The molecule has 0 fully saturated rings. The predicted octanol–water partition coefficient (Wildman–Crippen LogP) is 4.13. The number of carbonyl (C=O) groups excluding carboxylic acids is 1. The maximum absolute atomic E-state index is 12.8. The molecule has 2 aromatic carbocycles. The first kappa shape index (κ1) is 23.3. The van der Waals surface area contributed by atoms with E-state index in [9.17, 15) is 13.2 Å². The number of nitrogens with zero attached hydrogens (tertiary/aromatic N) is 3. The van der Waals surface area contributed by atoms with E-state index in [-0.39, 0.29) is 16.6 Å². The third-order valence-corrected chi connectivity index (χ3v) is 8.12. The van der Waals surface area contributed by atoms with Crippen LogP contribution in [0.25, 0.3) is 11.0 Å². The molecule has 0 atom stereocenters. The van der Waals surface area contributed by atoms with Crippen LogP contribution < -0.4 is 5.32 Å². The Morgan fingerprint density at radius 2 is 1.84 bits per heavy atom. The van der Waals surface area contributed by atoms with E-state index in [4.69, 9.17) is 0 Å². The third kappa shape index (κ3) is 4.94. The Morgan fingerprint density at radius 1 is 1.13 bits per heavy atom. The van der Waals surface area contributed by atoms with Gasteiger partial charge in [-0.1, -0.05) is 43.8 Å². The summed E-state index contributed by atoms with van der Waals surface area (Å²) in [5.74, 6) is 0.0984. The number of para-hydroxylation sites is 1. The van der Waals surface area contributed by atoms with Crippen molar-refractivity contribution in [1.29, 1.82) is 0 Å². The van der Waals surface area contributed by atoms with Crippen LogP contribution in [-0.4, -0.2) is 47.0 Å². The summed E-state index contributed by atoms with van der Waals surface area (Å²) in [6.07, 6.45) is 0. The first-order valence-corrected chi connectivity index (χ1v) is 12.7. The molecular weight excluding hydrogens is 432 g/mol. The monoisotopic (exact) mass is 460 g/mol. The van der Waals surface area contributed by atoms with Crippen LogP contribution in [0.2, 0.25) is 0 Å². The molecular formula is C22H28N4O3S2. The second-order valence-electron chi connectivity index (χ2n) is 7.03. The number of nitrogens with one attached hydrogen (secondary N) is 1. The minimum Gasteiger partial charge on any atom is -0.325 e. The summed E-state index contributed by atoms with van der Waals surface area (Å²) in [6, 6.07) is 12.7. The molecule has 0 saturated carbocycles. The van der Waals surface area contributed by atoms with Crippen LogP contribution in [0, 0.1) is 6.92 Å². The van der Waals surface area contributed by atoms with Crippen molar-refractivity contribution in [2.24, 2.45) is 0 Å². The molecule has 166 valence electrons. The first-order valence-electron chi connectivity index (χ1n) is 10.3. The molecule has 31 heavy (non-hydrogen) atoms. The minimum absolute atomic E-state index is 0.112. The summed E-state index contributed by atoms with van der Waals surface area (Å²) in [5.41, 5.74) is 3.26. The van der Waals surface area contributed by atoms with Crippen LogP contribution in [0.4, 0.5) is 5.69 Å². The van der Waals surface area contributed by atoms with E-state index in [1.54, 1.807) is 18.2 Å². The van der Waals surface area contributed by atoms with Gasteiger partial charge in [0.15, 0.2) is 5.16 Å². The highest BCUT2D eigenvalue weighted by molar-refractivity contribution is 7.99. The number of amides is 1. The van der Waals surface area contributed by atoms with Crippen LogP contribution in [0.1, 0.15) is 26.3 Å². The number of rotatable bonds is 9. The van der Waals surface area contributed by atoms with Gasteiger partial charge in [-0.05, 0) is 43.7 Å². The van der Waals surface area contributed by atoms with Crippen molar-refractivity contribution >= 4 is 44.4 Å². The van der Waals surface area contributed by atoms with Gasteiger partial charge < -0.3 is 9.88 Å². The van der Waals surface area contributed by atoms with Crippen molar-refractivity contribution in [3.63, 3.8) is 0 Å². The fraction of sp³-hybridized carbons (Fsp3) is 0.364. The summed E-state index contributed by atoms with van der Waals surface area (Å²) in [5, 5.41) is 3.61. The van der Waals surface area contributed by atoms with Gasteiger partial charge in [-0.15, -0.1) is 0 Å². The highest BCUT2D eigenvalue weighted by atomic mass is 32.2. The van der Waals surface area contributed by atoms with Gasteiger partial charge in [-0.3, -0.25) is 4.79 Å². The summed E-state index contributed by atoms with van der Waals surface area (Å²) in [4.78, 5) is 17.3. The summed E-state index contributed by atoms with van der Waals surface area (Å²) in [6.45, 7) is 9.08. The molecule has 1 amide bonds. The highest BCUT2D eigenvalue weighted by Crippen LogP contribution is 2.27. The number of benzene rings is 2. The molecule has 3 rings (SSSR count). The van der Waals surface area contributed by atoms with Crippen molar-refractivity contribution < 1.29 is 13.2 Å². The fourth-order valence-corrected chi connectivity index (χ4v) is 5.76. The molecule has 0 aliphatic carbocycles. The summed E-state index contributed by atoms with van der Waals surface area (Å²) in [7, 11) is -3.55. The van der Waals surface area contributed by atoms with Gasteiger partial charge in [-0.2, -0.15) is 4.31 Å². The second-order valence-corrected chi connectivity index (χ2v) is 9.91. The lowest BCUT2D eigenvalue weighted by Gasteiger charge is -2.18. The zero-order chi connectivity index (χ0) is 22.6. The number of aryl methyl sites for hydroxylation is 2. The lowest BCUT2D eigenvalue weighted by atomic mass is 10.2. The molecule has 0 saturated heterocycles. The lowest BCUT2D eigenvalue weighted by molar-refractivity contribution is -0.113. The van der Waals surface area contributed by atoms with Gasteiger partial charge in [0.25, 0.3) is 0 Å². The molecule has 1 N–H and O–H groups in total. The van der Waals surface area contributed by atoms with E-state index >= 15 is 0 Å². The average molecular weight is 461 g/mol. The molecule has 9 heteroatoms. The molecule has 0 aliphatic heterocycles. The fourth-order valence-electron chi connectivity index (χ4n) is 3.41. The minimum atomic E-state index is -3.55. The van der Waals surface area contributed by atoms with E-state index in [1.165, 1.54) is 16.1 Å². The number of hydrogen-bond donors (Lipinski definition) is 1. The molecule has 0 bridgehead atoms. The van der Waals surface area contributed by atoms with Gasteiger partial charge in [-0.25, -0.2) is 13.4 Å². The predicted molar refractivity (Wildman–Crippen MR) is 126 cm³/mol. The molecule has 0 aliphatic rings. The third-order valence-electron chi connectivity index (χ3n) is 5.10. The number of imidazole rings is 1. The summed E-state index contributed by atoms with van der Waals surface area (Å²) >= 11 is 1.34. The second kappa shape index (κ2) is 9.84. The standard InChI is InChI=1S/C22H28N4O3S2/c1-5-25(6-2)31(28,29)17-12-13-20-19(14-17)24-22(26(20)7-3)30-15-21(27)23-18-11-9-8-10-16(18)4/h8-14H,5-7,15H2,1-4H3,(H,23,27). The maximum atomic E-state index is 12.8. The van der Waals surface area contributed by atoms with Crippen molar-refractivity contribution in [2.75, 3.05) is 24.2 Å². The zero-order valence-electron chi connectivity index (χ0n) is 18.3. The zero-order valence-corrected chi connectivity index (χ0v) is 19.9. The molecule has 0 spiro atoms. The van der Waals surface area contributed by atoms with Gasteiger partial charge >= 0.3 is 0 Å². The molecule has 1 heterocycles. The van der Waals surface area contributed by atoms with Gasteiger partial charge in [0.05, 0.1) is 21.7 Å². The SMILES string of the molecule is CCN(CC)S(=O)(=O)c1ccc2c(c1)nc(SCC(=O)Nc1ccccc1C)n2CC. The van der Waals surface area contributed by atoms with E-state index in [0.717, 1.165) is 16.8 Å². The molecule has 1 aromatic heterocycles. The van der Waals surface area contributed by atoms with Gasteiger partial charge in [0, 0.05) is 25.3 Å². The average Bonchev–Trinajstić information content (AvgIpc) is 3.11. The van der Waals surface area contributed by atoms with E-state index in [0.29, 0.717) is 30.3 Å². The summed E-state index contributed by atoms with van der Waals surface area (Å²) < 4.78 is 29.1. The Bertz CT molecular complexity index is 1180. The Labute approximate surface area is 187 Å². The van der Waals surface area contributed by atoms with E-state index in [2.05, 4.69) is 10.3 Å². The molecule has 0 unspecified atom stereocenters. The normalized spacial score (nSPS) is 11.9. The van der Waals surface area contributed by atoms with Crippen LogP contribution in [0.3, 0.4) is 0 Å². The number of anilines is 1. The smallest absolute Gasteiger partial charge is 0.243 e. The lowest BCUT2D eigenvalue weighted by Crippen LogP contribution is -2.30. The van der Waals surface area contributed by atoms with Crippen molar-refractivity contribution in [3.8, 4) is 0 Å². The topological polar surface area (TPSA) is 84.3 Å². The van der Waals surface area contributed by atoms with Crippen molar-refractivity contribution in [2.45, 2.75) is 44.3 Å². The number of thioether (sulfide) groups is 1. The van der Waals surface area contributed by atoms with Crippen LogP contribution >= 0.6 is 11.8 Å². The molecule has 0 radical (unpaired) electrons. The van der Waals surface area contributed by atoms with Crippen LogP contribution in [0.5, 0.6) is 0 Å².